The minimum absolute atomic E-state index is 0. The van der Waals surface area contributed by atoms with Crippen LogP contribution in [0.15, 0.2) is 0 Å². The van der Waals surface area contributed by atoms with E-state index in [4.69, 9.17) is 4.74 Å². The molecule has 0 aromatic heterocycles. The highest BCUT2D eigenvalue weighted by molar-refractivity contribution is 5.85. The molecule has 3 fully saturated rings. The normalized spacial score (nSPS) is 31.7. The van der Waals surface area contributed by atoms with Gasteiger partial charge in [0.15, 0.2) is 0 Å². The van der Waals surface area contributed by atoms with E-state index in [1.807, 2.05) is 0 Å². The fraction of sp³-hybridized carbons (Fsp3) is 0.933. The van der Waals surface area contributed by atoms with E-state index < -0.39 is 0 Å². The van der Waals surface area contributed by atoms with E-state index >= 15 is 0 Å². The van der Waals surface area contributed by atoms with Gasteiger partial charge in [-0.1, -0.05) is 0 Å². The van der Waals surface area contributed by atoms with Crippen LogP contribution in [0, 0.1) is 11.8 Å². The van der Waals surface area contributed by atoms with E-state index in [0.717, 1.165) is 12.5 Å². The lowest BCUT2D eigenvalue weighted by molar-refractivity contribution is -0.122. The first-order valence-electron chi connectivity index (χ1n) is 7.90. The number of hydrogen-bond acceptors (Lipinski definition) is 3. The molecule has 1 amide bonds. The molecule has 0 aromatic rings. The smallest absolute Gasteiger partial charge is 0.220 e. The maximum Gasteiger partial charge on any atom is 0.220 e. The fourth-order valence-corrected chi connectivity index (χ4v) is 3.47. The molecule has 0 spiro atoms. The van der Waals surface area contributed by atoms with Gasteiger partial charge in [-0.3, -0.25) is 4.79 Å². The molecule has 1 aliphatic carbocycles. The number of piperidine rings is 1. The minimum atomic E-state index is 0. The Morgan fingerprint density at radius 1 is 1.10 bits per heavy atom. The third kappa shape index (κ3) is 4.90. The Morgan fingerprint density at radius 2 is 1.80 bits per heavy atom. The van der Waals surface area contributed by atoms with Gasteiger partial charge in [-0.15, -0.1) is 12.4 Å². The summed E-state index contributed by atoms with van der Waals surface area (Å²) in [6.45, 7) is 2.22. The number of fused-ring (bicyclic) bond motifs is 2. The van der Waals surface area contributed by atoms with E-state index in [1.165, 1.54) is 38.5 Å². The van der Waals surface area contributed by atoms with E-state index in [1.54, 1.807) is 0 Å². The summed E-state index contributed by atoms with van der Waals surface area (Å²) in [6.07, 6.45) is 8.33. The van der Waals surface area contributed by atoms with Crippen molar-refractivity contribution in [1.82, 2.24) is 10.6 Å². The number of hydrogen-bond donors (Lipinski definition) is 2. The van der Waals surface area contributed by atoms with Gasteiger partial charge in [0.25, 0.3) is 0 Å². The average Bonchev–Trinajstić information content (AvgIpc) is 3.14. The Bertz CT molecular complexity index is 311. The molecule has 2 heterocycles. The molecular formula is C15H27ClN2O2. The second-order valence-electron chi connectivity index (χ2n) is 6.55. The third-order valence-electron chi connectivity index (χ3n) is 4.66. The number of ether oxygens (including phenoxy) is 1. The number of halogens is 1. The first kappa shape index (κ1) is 16.1. The molecule has 2 aliphatic heterocycles. The fourth-order valence-electron chi connectivity index (χ4n) is 3.47. The molecule has 5 heteroatoms. The first-order chi connectivity index (χ1) is 9.29. The molecule has 20 heavy (non-hydrogen) atoms. The van der Waals surface area contributed by atoms with Gasteiger partial charge in [-0.05, 0) is 50.4 Å². The number of rotatable bonds is 7. The van der Waals surface area contributed by atoms with Crippen LogP contribution in [-0.2, 0) is 9.53 Å². The summed E-state index contributed by atoms with van der Waals surface area (Å²) in [5.74, 6) is 1.60. The van der Waals surface area contributed by atoms with E-state index in [9.17, 15) is 4.79 Å². The zero-order chi connectivity index (χ0) is 13.1. The van der Waals surface area contributed by atoms with Crippen molar-refractivity contribution in [2.75, 3.05) is 19.8 Å². The summed E-state index contributed by atoms with van der Waals surface area (Å²) < 4.78 is 5.52. The zero-order valence-corrected chi connectivity index (χ0v) is 12.9. The molecule has 0 aromatic carbocycles. The molecule has 1 saturated carbocycles. The van der Waals surface area contributed by atoms with Crippen molar-refractivity contribution < 1.29 is 9.53 Å². The molecule has 2 unspecified atom stereocenters. The van der Waals surface area contributed by atoms with Crippen molar-refractivity contribution in [3.8, 4) is 0 Å². The minimum Gasteiger partial charge on any atom is -0.379 e. The van der Waals surface area contributed by atoms with Crippen LogP contribution in [-0.4, -0.2) is 37.7 Å². The molecule has 3 rings (SSSR count). The van der Waals surface area contributed by atoms with E-state index in [-0.39, 0.29) is 18.3 Å². The standard InChI is InChI=1S/C15H26N2O2.ClH/c18-15(16-5-6-19-10-11-1-2-11)9-12-7-13-3-4-14(8-12)17-13;/h11-14,17H,1-10H2,(H,16,18);1H. The lowest BCUT2D eigenvalue weighted by Gasteiger charge is -2.28. The largest absolute Gasteiger partial charge is 0.379 e. The SMILES string of the molecule is Cl.O=C(CC1CC2CCC(C1)N2)NCCOCC1CC1. The van der Waals surface area contributed by atoms with Gasteiger partial charge in [0.2, 0.25) is 5.91 Å². The Kier molecular flexibility index (Phi) is 6.12. The second-order valence-corrected chi connectivity index (χ2v) is 6.55. The zero-order valence-electron chi connectivity index (χ0n) is 12.1. The van der Waals surface area contributed by atoms with Gasteiger partial charge in [0, 0.05) is 31.7 Å². The first-order valence-corrected chi connectivity index (χ1v) is 7.90. The lowest BCUT2D eigenvalue weighted by Crippen LogP contribution is -2.40. The summed E-state index contributed by atoms with van der Waals surface area (Å²) in [6, 6.07) is 1.36. The number of nitrogens with one attached hydrogen (secondary N) is 2. The Hall–Kier alpha value is -0.320. The van der Waals surface area contributed by atoms with Crippen molar-refractivity contribution in [1.29, 1.82) is 0 Å². The van der Waals surface area contributed by atoms with Crippen molar-refractivity contribution >= 4 is 18.3 Å². The van der Waals surface area contributed by atoms with Crippen LogP contribution in [0.4, 0.5) is 0 Å². The maximum atomic E-state index is 11.9. The highest BCUT2D eigenvalue weighted by atomic mass is 35.5. The Balaban J connectivity index is 0.00000147. The predicted octanol–water partition coefficient (Wildman–Crippen LogP) is 1.87. The quantitative estimate of drug-likeness (QED) is 0.706. The second kappa shape index (κ2) is 7.62. The van der Waals surface area contributed by atoms with Gasteiger partial charge in [0.1, 0.15) is 0 Å². The maximum absolute atomic E-state index is 11.9. The molecule has 116 valence electrons. The van der Waals surface area contributed by atoms with Crippen molar-refractivity contribution in [3.05, 3.63) is 0 Å². The van der Waals surface area contributed by atoms with E-state index in [2.05, 4.69) is 10.6 Å². The lowest BCUT2D eigenvalue weighted by atomic mass is 9.89. The van der Waals surface area contributed by atoms with Gasteiger partial charge in [-0.2, -0.15) is 0 Å². The number of carbonyl (C=O) groups is 1. The Labute approximate surface area is 127 Å². The number of carbonyl (C=O) groups excluding carboxylic acids is 1. The molecule has 2 atom stereocenters. The number of amides is 1. The van der Waals surface area contributed by atoms with Crippen LogP contribution in [0.3, 0.4) is 0 Å². The molecule has 0 radical (unpaired) electrons. The molecule has 4 nitrogen and oxygen atoms in total. The average molecular weight is 303 g/mol. The third-order valence-corrected chi connectivity index (χ3v) is 4.66. The van der Waals surface area contributed by atoms with Crippen LogP contribution in [0.5, 0.6) is 0 Å². The van der Waals surface area contributed by atoms with Crippen molar-refractivity contribution in [2.24, 2.45) is 11.8 Å². The Morgan fingerprint density at radius 3 is 2.45 bits per heavy atom. The summed E-state index contributed by atoms with van der Waals surface area (Å²) in [5, 5.41) is 6.61. The highest BCUT2D eigenvalue weighted by Gasteiger charge is 2.34. The topological polar surface area (TPSA) is 50.4 Å². The van der Waals surface area contributed by atoms with Gasteiger partial charge < -0.3 is 15.4 Å². The van der Waals surface area contributed by atoms with Crippen LogP contribution in [0.1, 0.15) is 44.9 Å². The summed E-state index contributed by atoms with van der Waals surface area (Å²) >= 11 is 0. The summed E-state index contributed by atoms with van der Waals surface area (Å²) in [7, 11) is 0. The van der Waals surface area contributed by atoms with Crippen LogP contribution < -0.4 is 10.6 Å². The van der Waals surface area contributed by atoms with Gasteiger partial charge in [0.05, 0.1) is 6.61 Å². The van der Waals surface area contributed by atoms with Crippen molar-refractivity contribution in [2.45, 2.75) is 57.0 Å². The summed E-state index contributed by atoms with van der Waals surface area (Å²) in [5.41, 5.74) is 0. The molecule has 2 saturated heterocycles. The van der Waals surface area contributed by atoms with E-state index in [0.29, 0.717) is 37.6 Å². The monoisotopic (exact) mass is 302 g/mol. The molecule has 2 bridgehead atoms. The molecule has 2 N–H and O–H groups in total. The van der Waals surface area contributed by atoms with Gasteiger partial charge in [-0.25, -0.2) is 0 Å². The highest BCUT2D eigenvalue weighted by Crippen LogP contribution is 2.32. The van der Waals surface area contributed by atoms with Crippen LogP contribution in [0.25, 0.3) is 0 Å². The van der Waals surface area contributed by atoms with Crippen LogP contribution in [0.2, 0.25) is 0 Å². The van der Waals surface area contributed by atoms with Gasteiger partial charge >= 0.3 is 0 Å². The predicted molar refractivity (Wildman–Crippen MR) is 81.1 cm³/mol. The van der Waals surface area contributed by atoms with Crippen molar-refractivity contribution in [3.63, 3.8) is 0 Å². The molecule has 3 aliphatic rings. The van der Waals surface area contributed by atoms with Crippen LogP contribution >= 0.6 is 12.4 Å². The summed E-state index contributed by atoms with van der Waals surface area (Å²) in [4.78, 5) is 11.9. The molecular weight excluding hydrogens is 276 g/mol.